The number of ether oxygens (including phenoxy) is 3. The Morgan fingerprint density at radius 1 is 1.19 bits per heavy atom. The maximum Gasteiger partial charge on any atom is 0.407 e. The molecule has 0 saturated carbocycles. The molecule has 1 aromatic heterocycles. The molecule has 7 heteroatoms. The molecule has 2 atom stereocenters. The van der Waals surface area contributed by atoms with Crippen LogP contribution in [-0.2, 0) is 4.74 Å². The second-order valence-corrected chi connectivity index (χ2v) is 9.78. The van der Waals surface area contributed by atoms with E-state index in [4.69, 9.17) is 14.2 Å². The molecule has 0 aliphatic carbocycles. The summed E-state index contributed by atoms with van der Waals surface area (Å²) in [7, 11) is 1.60. The van der Waals surface area contributed by atoms with Crippen molar-refractivity contribution in [3.63, 3.8) is 0 Å². The van der Waals surface area contributed by atoms with Crippen LogP contribution < -0.4 is 14.8 Å². The fourth-order valence-electron chi connectivity index (χ4n) is 5.12. The van der Waals surface area contributed by atoms with E-state index in [9.17, 15) is 4.79 Å². The number of rotatable bonds is 4. The highest BCUT2D eigenvalue weighted by Crippen LogP contribution is 2.44. The number of hydrogen-bond donors (Lipinski definition) is 1. The van der Waals surface area contributed by atoms with Gasteiger partial charge in [0.05, 0.1) is 19.8 Å². The average Bonchev–Trinajstić information content (AvgIpc) is 2.81. The Balaban J connectivity index is 1.34. The minimum atomic E-state index is -0.335. The first-order valence-electron chi connectivity index (χ1n) is 11.4. The lowest BCUT2D eigenvalue weighted by atomic mass is 9.78. The summed E-state index contributed by atoms with van der Waals surface area (Å²) in [5.74, 6) is 1.85. The molecule has 6 rings (SSSR count). The maximum absolute atomic E-state index is 12.9. The van der Waals surface area contributed by atoms with Crippen molar-refractivity contribution in [3.8, 4) is 22.8 Å². The van der Waals surface area contributed by atoms with Crippen molar-refractivity contribution in [1.29, 1.82) is 0 Å². The van der Waals surface area contributed by atoms with Crippen molar-refractivity contribution in [3.05, 3.63) is 42.1 Å². The zero-order valence-corrected chi connectivity index (χ0v) is 19.0. The number of hydrogen-bond acceptors (Lipinski definition) is 6. The Kier molecular flexibility index (Phi) is 5.45. The summed E-state index contributed by atoms with van der Waals surface area (Å²) in [6.45, 7) is 7.82. The number of carbonyl (C=O) groups is 1. The smallest absolute Gasteiger partial charge is 0.407 e. The van der Waals surface area contributed by atoms with Gasteiger partial charge in [0.15, 0.2) is 0 Å². The summed E-state index contributed by atoms with van der Waals surface area (Å²) in [4.78, 5) is 19.6. The number of aromatic nitrogens is 1. The van der Waals surface area contributed by atoms with E-state index in [1.54, 1.807) is 13.3 Å². The maximum atomic E-state index is 12.9. The van der Waals surface area contributed by atoms with Crippen LogP contribution in [0.3, 0.4) is 0 Å². The summed E-state index contributed by atoms with van der Waals surface area (Å²) < 4.78 is 17.2. The third-order valence-corrected chi connectivity index (χ3v) is 7.10. The van der Waals surface area contributed by atoms with E-state index in [1.165, 1.54) is 0 Å². The van der Waals surface area contributed by atoms with Gasteiger partial charge in [-0.05, 0) is 49.5 Å². The summed E-state index contributed by atoms with van der Waals surface area (Å²) in [5, 5.41) is 3.16. The number of piperidine rings is 3. The van der Waals surface area contributed by atoms with Gasteiger partial charge >= 0.3 is 6.09 Å². The number of pyridine rings is 1. The van der Waals surface area contributed by atoms with Crippen LogP contribution in [0.4, 0.5) is 4.79 Å². The Labute approximate surface area is 189 Å². The third-order valence-electron chi connectivity index (χ3n) is 7.10. The lowest BCUT2D eigenvalue weighted by Gasteiger charge is -2.44. The normalized spacial score (nSPS) is 27.7. The first-order chi connectivity index (χ1) is 15.4. The standard InChI is InChI=1S/C25H31N3O4/c1-25(2)15-31-20-12-17(18-5-7-22(30-3)26-13-18)4-6-19(20)23(25)27-24(29)32-21-14-28-10-8-16(21)9-11-28/h4-7,12-13,16,21,23H,8-11,14-15H2,1-3H3,(H,27,29)/t21-,23?/m1/s1. The Hall–Kier alpha value is -2.80. The lowest BCUT2D eigenvalue weighted by Crippen LogP contribution is -2.53. The zero-order valence-electron chi connectivity index (χ0n) is 19.0. The molecule has 7 nitrogen and oxygen atoms in total. The van der Waals surface area contributed by atoms with Gasteiger partial charge in [0.25, 0.3) is 0 Å². The molecule has 1 unspecified atom stereocenters. The molecule has 0 spiro atoms. The van der Waals surface area contributed by atoms with Crippen molar-refractivity contribution < 1.29 is 19.0 Å². The molecule has 1 amide bonds. The highest BCUT2D eigenvalue weighted by molar-refractivity contribution is 5.70. The molecule has 4 aliphatic rings. The second-order valence-electron chi connectivity index (χ2n) is 9.78. The number of amides is 1. The predicted octanol–water partition coefficient (Wildman–Crippen LogP) is 4.04. The first kappa shape index (κ1) is 21.1. The summed E-state index contributed by atoms with van der Waals surface area (Å²) in [6, 6.07) is 9.72. The largest absolute Gasteiger partial charge is 0.493 e. The fourth-order valence-corrected chi connectivity index (χ4v) is 5.12. The number of nitrogens with zero attached hydrogens (tertiary/aromatic N) is 2. The van der Waals surface area contributed by atoms with Gasteiger partial charge in [-0.25, -0.2) is 9.78 Å². The molecule has 0 radical (unpaired) electrons. The fraction of sp³-hybridized carbons (Fsp3) is 0.520. The van der Waals surface area contributed by atoms with Gasteiger partial charge in [0.2, 0.25) is 5.88 Å². The second kappa shape index (κ2) is 8.28. The van der Waals surface area contributed by atoms with E-state index in [0.29, 0.717) is 18.4 Å². The molecule has 170 valence electrons. The molecule has 1 N–H and O–H groups in total. The Morgan fingerprint density at radius 3 is 2.62 bits per heavy atom. The van der Waals surface area contributed by atoms with Crippen molar-refractivity contribution >= 4 is 6.09 Å². The van der Waals surface area contributed by atoms with Gasteiger partial charge in [0, 0.05) is 35.3 Å². The summed E-state index contributed by atoms with van der Waals surface area (Å²) in [5.41, 5.74) is 2.70. The minimum absolute atomic E-state index is 0.00938. The zero-order chi connectivity index (χ0) is 22.3. The summed E-state index contributed by atoms with van der Waals surface area (Å²) >= 11 is 0. The highest BCUT2D eigenvalue weighted by Gasteiger charge is 2.41. The monoisotopic (exact) mass is 437 g/mol. The van der Waals surface area contributed by atoms with Crippen LogP contribution in [0.2, 0.25) is 0 Å². The Bertz CT molecular complexity index is 983. The van der Waals surface area contributed by atoms with Crippen LogP contribution in [0.25, 0.3) is 11.1 Å². The van der Waals surface area contributed by atoms with Crippen LogP contribution in [0.1, 0.15) is 38.3 Å². The highest BCUT2D eigenvalue weighted by atomic mass is 16.6. The van der Waals surface area contributed by atoms with Gasteiger partial charge in [-0.1, -0.05) is 26.0 Å². The van der Waals surface area contributed by atoms with E-state index in [1.807, 2.05) is 30.3 Å². The molecule has 5 heterocycles. The van der Waals surface area contributed by atoms with Gasteiger partial charge in [-0.3, -0.25) is 4.90 Å². The van der Waals surface area contributed by atoms with Crippen molar-refractivity contribution in [2.24, 2.45) is 11.3 Å². The number of alkyl carbamates (subject to hydrolysis) is 1. The minimum Gasteiger partial charge on any atom is -0.493 e. The summed E-state index contributed by atoms with van der Waals surface area (Å²) in [6.07, 6.45) is 3.68. The van der Waals surface area contributed by atoms with E-state index in [2.05, 4.69) is 29.0 Å². The van der Waals surface area contributed by atoms with Crippen LogP contribution in [0.15, 0.2) is 36.5 Å². The number of carbonyl (C=O) groups excluding carboxylic acids is 1. The number of benzene rings is 1. The van der Waals surface area contributed by atoms with Crippen LogP contribution >= 0.6 is 0 Å². The van der Waals surface area contributed by atoms with Gasteiger partial charge < -0.3 is 19.5 Å². The lowest BCUT2D eigenvalue weighted by molar-refractivity contribution is -0.0361. The third kappa shape index (κ3) is 4.01. The van der Waals surface area contributed by atoms with Crippen LogP contribution in [0, 0.1) is 11.3 Å². The molecule has 3 saturated heterocycles. The number of methoxy groups -OCH3 is 1. The first-order valence-corrected chi connectivity index (χ1v) is 11.4. The molecular weight excluding hydrogens is 406 g/mol. The van der Waals surface area contributed by atoms with E-state index in [-0.39, 0.29) is 23.7 Å². The van der Waals surface area contributed by atoms with E-state index >= 15 is 0 Å². The molecule has 3 fully saturated rings. The predicted molar refractivity (Wildman–Crippen MR) is 121 cm³/mol. The topological polar surface area (TPSA) is 72.9 Å². The van der Waals surface area contributed by atoms with Gasteiger partial charge in [-0.15, -0.1) is 0 Å². The number of fused-ring (bicyclic) bond motifs is 4. The van der Waals surface area contributed by atoms with Gasteiger partial charge in [0.1, 0.15) is 11.9 Å². The van der Waals surface area contributed by atoms with Crippen molar-refractivity contribution in [1.82, 2.24) is 15.2 Å². The SMILES string of the molecule is COc1ccc(-c2ccc3c(c2)OCC(C)(C)C3NC(=O)O[C@@H]2CN3CCC2CC3)cn1. The molecule has 1 aromatic carbocycles. The van der Waals surface area contributed by atoms with Crippen LogP contribution in [-0.4, -0.2) is 55.4 Å². The number of nitrogens with one attached hydrogen (secondary N) is 1. The molecule has 32 heavy (non-hydrogen) atoms. The average molecular weight is 438 g/mol. The Morgan fingerprint density at radius 2 is 1.97 bits per heavy atom. The van der Waals surface area contributed by atoms with Crippen molar-refractivity contribution in [2.45, 2.75) is 38.8 Å². The van der Waals surface area contributed by atoms with E-state index < -0.39 is 0 Å². The molecule has 4 aliphatic heterocycles. The quantitative estimate of drug-likeness (QED) is 0.778. The van der Waals surface area contributed by atoms with Gasteiger partial charge in [-0.2, -0.15) is 0 Å². The molecule has 2 bridgehead atoms. The van der Waals surface area contributed by atoms with E-state index in [0.717, 1.165) is 54.9 Å². The van der Waals surface area contributed by atoms with Crippen molar-refractivity contribution in [2.75, 3.05) is 33.4 Å². The molecular formula is C25H31N3O4. The molecule has 2 aromatic rings. The van der Waals surface area contributed by atoms with Crippen LogP contribution in [0.5, 0.6) is 11.6 Å².